The topological polar surface area (TPSA) is 75.4 Å². The number of carbonyl (C=O) groups is 2. The molecule has 1 N–H and O–H groups in total. The molecule has 38 heavy (non-hydrogen) atoms. The number of rotatable bonds is 8. The Bertz CT molecular complexity index is 1390. The zero-order valence-electron chi connectivity index (χ0n) is 22.2. The van der Waals surface area contributed by atoms with Gasteiger partial charge in [-0.1, -0.05) is 55.0 Å². The fourth-order valence-corrected chi connectivity index (χ4v) is 5.19. The Kier molecular flexibility index (Phi) is 7.87. The van der Waals surface area contributed by atoms with Gasteiger partial charge in [-0.05, 0) is 74.4 Å². The minimum absolute atomic E-state index is 0.00301. The van der Waals surface area contributed by atoms with E-state index < -0.39 is 0 Å². The molecule has 6 nitrogen and oxygen atoms in total. The molecule has 6 heteroatoms. The maximum Gasteiger partial charge on any atom is 0.253 e. The quantitative estimate of drug-likeness (QED) is 0.294. The number of fused-ring (bicyclic) bond motifs is 1. The van der Waals surface area contributed by atoms with Gasteiger partial charge in [-0.2, -0.15) is 0 Å². The molecule has 1 aromatic heterocycles. The van der Waals surface area contributed by atoms with Crippen molar-refractivity contribution in [3.63, 3.8) is 0 Å². The summed E-state index contributed by atoms with van der Waals surface area (Å²) in [6, 6.07) is 23.8. The van der Waals surface area contributed by atoms with Crippen LogP contribution in [0.3, 0.4) is 0 Å². The summed E-state index contributed by atoms with van der Waals surface area (Å²) in [6.45, 7) is 6.05. The van der Waals surface area contributed by atoms with Crippen LogP contribution in [0, 0.1) is 18.8 Å². The van der Waals surface area contributed by atoms with Gasteiger partial charge in [-0.3, -0.25) is 9.59 Å². The van der Waals surface area contributed by atoms with Crippen molar-refractivity contribution < 1.29 is 14.0 Å². The van der Waals surface area contributed by atoms with Crippen molar-refractivity contribution in [1.82, 2.24) is 15.2 Å². The second-order valence-corrected chi connectivity index (χ2v) is 10.4. The van der Waals surface area contributed by atoms with Crippen LogP contribution in [0.4, 0.5) is 0 Å². The molecule has 4 aromatic rings. The standard InChI is InChI=1S/C32H35N3O3/c1-22-10-12-26(13-11-22)31-34-28-21-27(14-15-29(28)38-31)32(37)35-19-16-25(17-20-35)23(2)30(36)33-18-6-9-24-7-4-3-5-8-24/h3-5,7-8,10-15,21,23,25H,6,9,16-20H2,1-2H3,(H,33,36)/t23-/m0/s1. The zero-order valence-corrected chi connectivity index (χ0v) is 22.2. The van der Waals surface area contributed by atoms with Gasteiger partial charge >= 0.3 is 0 Å². The van der Waals surface area contributed by atoms with E-state index >= 15 is 0 Å². The summed E-state index contributed by atoms with van der Waals surface area (Å²) in [6.07, 6.45) is 3.55. The van der Waals surface area contributed by atoms with Gasteiger partial charge in [0.2, 0.25) is 11.8 Å². The smallest absolute Gasteiger partial charge is 0.253 e. The largest absolute Gasteiger partial charge is 0.436 e. The lowest BCUT2D eigenvalue weighted by Crippen LogP contribution is -2.42. The second kappa shape index (κ2) is 11.6. The first-order chi connectivity index (χ1) is 18.5. The highest BCUT2D eigenvalue weighted by molar-refractivity contribution is 5.97. The summed E-state index contributed by atoms with van der Waals surface area (Å²) in [7, 11) is 0. The minimum Gasteiger partial charge on any atom is -0.436 e. The van der Waals surface area contributed by atoms with Gasteiger partial charge in [0.05, 0.1) is 0 Å². The highest BCUT2D eigenvalue weighted by Crippen LogP contribution is 2.28. The average molecular weight is 510 g/mol. The van der Waals surface area contributed by atoms with Gasteiger partial charge in [-0.25, -0.2) is 4.98 Å². The molecular formula is C32H35N3O3. The molecule has 0 radical (unpaired) electrons. The fraction of sp³-hybridized carbons (Fsp3) is 0.344. The summed E-state index contributed by atoms with van der Waals surface area (Å²) in [5, 5.41) is 3.11. The number of nitrogens with one attached hydrogen (secondary N) is 1. The van der Waals surface area contributed by atoms with E-state index in [0.29, 0.717) is 42.2 Å². The molecule has 1 saturated heterocycles. The fourth-order valence-electron chi connectivity index (χ4n) is 5.19. The van der Waals surface area contributed by atoms with Crippen molar-refractivity contribution in [2.75, 3.05) is 19.6 Å². The van der Waals surface area contributed by atoms with E-state index in [0.717, 1.165) is 31.2 Å². The zero-order chi connectivity index (χ0) is 26.5. The van der Waals surface area contributed by atoms with Gasteiger partial charge in [0.15, 0.2) is 5.58 Å². The third kappa shape index (κ3) is 5.96. The molecule has 196 valence electrons. The number of hydrogen-bond acceptors (Lipinski definition) is 4. The molecule has 0 aliphatic carbocycles. The van der Waals surface area contributed by atoms with E-state index in [4.69, 9.17) is 4.42 Å². The van der Waals surface area contributed by atoms with Gasteiger partial charge in [0.1, 0.15) is 5.52 Å². The first kappa shape index (κ1) is 25.7. The Morgan fingerprint density at radius 2 is 1.76 bits per heavy atom. The predicted molar refractivity (Wildman–Crippen MR) is 150 cm³/mol. The molecule has 1 atom stereocenters. The number of hydrogen-bond donors (Lipinski definition) is 1. The average Bonchev–Trinajstić information content (AvgIpc) is 3.39. The van der Waals surface area contributed by atoms with Crippen molar-refractivity contribution >= 4 is 22.9 Å². The van der Waals surface area contributed by atoms with E-state index in [9.17, 15) is 9.59 Å². The molecule has 2 amide bonds. The van der Waals surface area contributed by atoms with Crippen LogP contribution in [0.25, 0.3) is 22.6 Å². The van der Waals surface area contributed by atoms with Crippen LogP contribution in [0.5, 0.6) is 0 Å². The predicted octanol–water partition coefficient (Wildman–Crippen LogP) is 6.04. The maximum atomic E-state index is 13.2. The molecule has 3 aromatic carbocycles. The molecule has 0 unspecified atom stereocenters. The number of amides is 2. The Hall–Kier alpha value is -3.93. The number of aromatic nitrogens is 1. The summed E-state index contributed by atoms with van der Waals surface area (Å²) >= 11 is 0. The van der Waals surface area contributed by atoms with Crippen LogP contribution in [0.15, 0.2) is 77.2 Å². The van der Waals surface area contributed by atoms with E-state index in [2.05, 4.69) is 22.4 Å². The summed E-state index contributed by atoms with van der Waals surface area (Å²) < 4.78 is 5.92. The summed E-state index contributed by atoms with van der Waals surface area (Å²) in [5.41, 5.74) is 5.34. The second-order valence-electron chi connectivity index (χ2n) is 10.4. The number of oxazole rings is 1. The van der Waals surface area contributed by atoms with Crippen molar-refractivity contribution in [2.24, 2.45) is 11.8 Å². The number of likely N-dealkylation sites (tertiary alicyclic amines) is 1. The first-order valence-corrected chi connectivity index (χ1v) is 13.6. The van der Waals surface area contributed by atoms with Crippen molar-refractivity contribution in [2.45, 2.75) is 39.5 Å². The van der Waals surface area contributed by atoms with Crippen LogP contribution >= 0.6 is 0 Å². The minimum atomic E-state index is -0.0596. The van der Waals surface area contributed by atoms with Crippen molar-refractivity contribution in [3.8, 4) is 11.5 Å². The highest BCUT2D eigenvalue weighted by Gasteiger charge is 2.30. The lowest BCUT2D eigenvalue weighted by atomic mass is 9.84. The SMILES string of the molecule is Cc1ccc(-c2nc3cc(C(=O)N4CCC([C@H](C)C(=O)NCCCc5ccccc5)CC4)ccc3o2)cc1. The Morgan fingerprint density at radius 1 is 1.03 bits per heavy atom. The molecule has 0 saturated carbocycles. The Morgan fingerprint density at radius 3 is 2.50 bits per heavy atom. The summed E-state index contributed by atoms with van der Waals surface area (Å²) in [5.74, 6) is 0.892. The molecule has 2 heterocycles. The van der Waals surface area contributed by atoms with Crippen molar-refractivity contribution in [1.29, 1.82) is 0 Å². The van der Waals surface area contributed by atoms with Crippen LogP contribution in [0.1, 0.15) is 47.7 Å². The van der Waals surface area contributed by atoms with Crippen LogP contribution in [0.2, 0.25) is 0 Å². The third-order valence-corrected chi connectivity index (χ3v) is 7.66. The summed E-state index contributed by atoms with van der Waals surface area (Å²) in [4.78, 5) is 32.5. The molecule has 0 spiro atoms. The van der Waals surface area contributed by atoms with Crippen LogP contribution in [-0.4, -0.2) is 41.3 Å². The van der Waals surface area contributed by atoms with Crippen LogP contribution < -0.4 is 5.32 Å². The van der Waals surface area contributed by atoms with Gasteiger partial charge < -0.3 is 14.6 Å². The molecular weight excluding hydrogens is 474 g/mol. The van der Waals surface area contributed by atoms with Gasteiger partial charge in [-0.15, -0.1) is 0 Å². The van der Waals surface area contributed by atoms with Gasteiger partial charge in [0, 0.05) is 36.7 Å². The van der Waals surface area contributed by atoms with E-state index in [-0.39, 0.29) is 23.7 Å². The van der Waals surface area contributed by atoms with Crippen LogP contribution in [-0.2, 0) is 11.2 Å². The molecule has 1 aliphatic rings. The molecule has 5 rings (SSSR count). The lowest BCUT2D eigenvalue weighted by Gasteiger charge is -2.34. The van der Waals surface area contributed by atoms with E-state index in [1.807, 2.05) is 79.4 Å². The number of nitrogens with zero attached hydrogens (tertiary/aromatic N) is 2. The highest BCUT2D eigenvalue weighted by atomic mass is 16.3. The van der Waals surface area contributed by atoms with E-state index in [1.54, 1.807) is 0 Å². The van der Waals surface area contributed by atoms with Crippen molar-refractivity contribution in [3.05, 3.63) is 89.5 Å². The Balaban J connectivity index is 1.12. The maximum absolute atomic E-state index is 13.2. The normalized spacial score (nSPS) is 14.9. The number of piperidine rings is 1. The number of carbonyl (C=O) groups excluding carboxylic acids is 2. The molecule has 1 aliphatic heterocycles. The third-order valence-electron chi connectivity index (χ3n) is 7.66. The molecule has 1 fully saturated rings. The van der Waals surface area contributed by atoms with Gasteiger partial charge in [0.25, 0.3) is 5.91 Å². The lowest BCUT2D eigenvalue weighted by molar-refractivity contribution is -0.126. The number of benzene rings is 3. The number of aryl methyl sites for hydroxylation is 2. The molecule has 0 bridgehead atoms. The monoisotopic (exact) mass is 509 g/mol. The first-order valence-electron chi connectivity index (χ1n) is 13.6. The van der Waals surface area contributed by atoms with E-state index in [1.165, 1.54) is 11.1 Å². The Labute approximate surface area is 224 Å².